The third-order valence-corrected chi connectivity index (χ3v) is 3.65. The van der Waals surface area contributed by atoms with E-state index in [9.17, 15) is 8.42 Å². The van der Waals surface area contributed by atoms with Crippen LogP contribution in [0.5, 0.6) is 0 Å². The second kappa shape index (κ2) is 5.32. The SMILES string of the molecule is Cc1ccc(S(=O)(=O)OCC2C=NC=CO2)cc1. The van der Waals surface area contributed by atoms with Crippen molar-refractivity contribution in [2.24, 2.45) is 4.99 Å². The van der Waals surface area contributed by atoms with E-state index < -0.39 is 16.2 Å². The molecule has 2 rings (SSSR count). The third kappa shape index (κ3) is 3.18. The molecule has 1 aromatic carbocycles. The van der Waals surface area contributed by atoms with Crippen molar-refractivity contribution in [3.05, 3.63) is 42.3 Å². The topological polar surface area (TPSA) is 65.0 Å². The minimum atomic E-state index is -3.74. The largest absolute Gasteiger partial charge is 0.488 e. The molecule has 0 N–H and O–H groups in total. The zero-order valence-corrected chi connectivity index (χ0v) is 10.6. The Morgan fingerprint density at radius 1 is 1.33 bits per heavy atom. The number of rotatable bonds is 4. The number of hydrogen-bond donors (Lipinski definition) is 0. The van der Waals surface area contributed by atoms with Gasteiger partial charge in [-0.1, -0.05) is 17.7 Å². The third-order valence-electron chi connectivity index (χ3n) is 2.35. The van der Waals surface area contributed by atoms with Crippen LogP contribution in [0.15, 0.2) is 46.6 Å². The van der Waals surface area contributed by atoms with Crippen molar-refractivity contribution in [1.82, 2.24) is 0 Å². The van der Waals surface area contributed by atoms with Gasteiger partial charge in [0.05, 0.1) is 11.1 Å². The predicted octanol–water partition coefficient (Wildman–Crippen LogP) is 1.64. The van der Waals surface area contributed by atoms with E-state index in [4.69, 9.17) is 8.92 Å². The van der Waals surface area contributed by atoms with Crippen molar-refractivity contribution < 1.29 is 17.3 Å². The van der Waals surface area contributed by atoms with Crippen molar-refractivity contribution >= 4 is 16.3 Å². The van der Waals surface area contributed by atoms with Crippen LogP contribution in [0.1, 0.15) is 5.56 Å². The fourth-order valence-corrected chi connectivity index (χ4v) is 2.28. The van der Waals surface area contributed by atoms with Crippen molar-refractivity contribution in [2.75, 3.05) is 6.61 Å². The van der Waals surface area contributed by atoms with Gasteiger partial charge in [0, 0.05) is 6.21 Å². The molecule has 0 fully saturated rings. The van der Waals surface area contributed by atoms with Crippen LogP contribution in [0, 0.1) is 6.92 Å². The van der Waals surface area contributed by atoms with Crippen molar-refractivity contribution in [3.8, 4) is 0 Å². The summed E-state index contributed by atoms with van der Waals surface area (Å²) in [6.07, 6.45) is 3.89. The summed E-state index contributed by atoms with van der Waals surface area (Å²) < 4.78 is 33.7. The Labute approximate surface area is 106 Å². The van der Waals surface area contributed by atoms with Gasteiger partial charge in [0.15, 0.2) is 6.10 Å². The Hall–Kier alpha value is -1.66. The van der Waals surface area contributed by atoms with E-state index in [2.05, 4.69) is 4.99 Å². The van der Waals surface area contributed by atoms with Crippen molar-refractivity contribution in [2.45, 2.75) is 17.9 Å². The maximum atomic E-state index is 11.8. The maximum absolute atomic E-state index is 11.8. The van der Waals surface area contributed by atoms with Gasteiger partial charge in [-0.3, -0.25) is 9.18 Å². The summed E-state index contributed by atoms with van der Waals surface area (Å²) in [4.78, 5) is 3.97. The smallest absolute Gasteiger partial charge is 0.297 e. The molecule has 1 aliphatic heterocycles. The second-order valence-corrected chi connectivity index (χ2v) is 5.42. The van der Waals surface area contributed by atoms with E-state index in [0.717, 1.165) is 5.56 Å². The van der Waals surface area contributed by atoms with Crippen molar-refractivity contribution in [1.29, 1.82) is 0 Å². The fraction of sp³-hybridized carbons (Fsp3) is 0.250. The van der Waals surface area contributed by atoms with Gasteiger partial charge >= 0.3 is 0 Å². The van der Waals surface area contributed by atoms with Gasteiger partial charge < -0.3 is 4.74 Å². The molecule has 1 atom stereocenters. The highest BCUT2D eigenvalue weighted by atomic mass is 32.2. The number of benzene rings is 1. The Morgan fingerprint density at radius 2 is 2.06 bits per heavy atom. The van der Waals surface area contributed by atoms with Gasteiger partial charge in [-0.25, -0.2) is 0 Å². The lowest BCUT2D eigenvalue weighted by atomic mass is 10.2. The molecule has 0 radical (unpaired) electrons. The van der Waals surface area contributed by atoms with Gasteiger partial charge in [-0.15, -0.1) is 0 Å². The lowest BCUT2D eigenvalue weighted by molar-refractivity contribution is 0.140. The van der Waals surface area contributed by atoms with Gasteiger partial charge in [0.25, 0.3) is 10.1 Å². The Morgan fingerprint density at radius 3 is 2.67 bits per heavy atom. The molecule has 0 amide bonds. The molecule has 1 aromatic rings. The van der Waals surface area contributed by atoms with Crippen molar-refractivity contribution in [3.63, 3.8) is 0 Å². The highest BCUT2D eigenvalue weighted by Crippen LogP contribution is 2.14. The molecule has 0 saturated heterocycles. The molecule has 5 nitrogen and oxygen atoms in total. The fourth-order valence-electron chi connectivity index (χ4n) is 1.36. The van der Waals surface area contributed by atoms with Gasteiger partial charge in [0.1, 0.15) is 12.9 Å². The summed E-state index contributed by atoms with van der Waals surface area (Å²) in [6.45, 7) is 1.79. The van der Waals surface area contributed by atoms with Crippen LogP contribution in [0.2, 0.25) is 0 Å². The summed E-state index contributed by atoms with van der Waals surface area (Å²) in [7, 11) is -3.74. The first-order valence-corrected chi connectivity index (χ1v) is 6.79. The number of hydrogen-bond acceptors (Lipinski definition) is 5. The molecule has 0 saturated carbocycles. The van der Waals surface area contributed by atoms with Gasteiger partial charge in [0.2, 0.25) is 0 Å². The normalized spacial score (nSPS) is 18.6. The first-order chi connectivity index (χ1) is 8.58. The minimum absolute atomic E-state index is 0.0932. The standard InChI is InChI=1S/C12H13NO4S/c1-10-2-4-12(5-3-10)18(14,15)17-9-11-8-13-6-7-16-11/h2-8,11H,9H2,1H3. The van der Waals surface area contributed by atoms with Crippen LogP contribution in [-0.4, -0.2) is 27.3 Å². The molecule has 0 aliphatic carbocycles. The molecule has 96 valence electrons. The minimum Gasteiger partial charge on any atom is -0.488 e. The van der Waals surface area contributed by atoms with E-state index in [1.54, 1.807) is 12.1 Å². The van der Waals surface area contributed by atoms with E-state index in [1.165, 1.54) is 30.8 Å². The van der Waals surface area contributed by atoms with E-state index >= 15 is 0 Å². The maximum Gasteiger partial charge on any atom is 0.297 e. The van der Waals surface area contributed by atoms with Crippen LogP contribution in [0.25, 0.3) is 0 Å². The lowest BCUT2D eigenvalue weighted by Gasteiger charge is -2.14. The predicted molar refractivity (Wildman–Crippen MR) is 66.8 cm³/mol. The molecule has 18 heavy (non-hydrogen) atoms. The Kier molecular flexibility index (Phi) is 3.78. The average Bonchev–Trinajstić information content (AvgIpc) is 2.38. The lowest BCUT2D eigenvalue weighted by Crippen LogP contribution is -2.23. The molecule has 1 unspecified atom stereocenters. The summed E-state index contributed by atoms with van der Waals surface area (Å²) in [5.41, 5.74) is 0.988. The van der Waals surface area contributed by atoms with Crippen LogP contribution < -0.4 is 0 Å². The first kappa shape index (κ1) is 12.8. The van der Waals surface area contributed by atoms with E-state index in [0.29, 0.717) is 0 Å². The zero-order chi connectivity index (χ0) is 13.0. The molecule has 0 spiro atoms. The van der Waals surface area contributed by atoms with Crippen LogP contribution in [0.3, 0.4) is 0 Å². The number of ether oxygens (including phenoxy) is 1. The zero-order valence-electron chi connectivity index (χ0n) is 9.81. The summed E-state index contributed by atoms with van der Waals surface area (Å²) in [5.74, 6) is 0. The van der Waals surface area contributed by atoms with E-state index in [1.807, 2.05) is 6.92 Å². The molecule has 1 heterocycles. The first-order valence-electron chi connectivity index (χ1n) is 5.38. The number of aliphatic imine (C=N–C) groups is 1. The number of nitrogens with zero attached hydrogens (tertiary/aromatic N) is 1. The highest BCUT2D eigenvalue weighted by molar-refractivity contribution is 7.86. The van der Waals surface area contributed by atoms with Crippen LogP contribution in [-0.2, 0) is 19.0 Å². The quantitative estimate of drug-likeness (QED) is 0.778. The Bertz CT molecular complexity index is 560. The van der Waals surface area contributed by atoms with Crippen LogP contribution in [0.4, 0.5) is 0 Å². The second-order valence-electron chi connectivity index (χ2n) is 3.81. The van der Waals surface area contributed by atoms with Gasteiger partial charge in [-0.2, -0.15) is 8.42 Å². The molecule has 0 bridgehead atoms. The van der Waals surface area contributed by atoms with Crippen LogP contribution >= 0.6 is 0 Å². The average molecular weight is 267 g/mol. The molecule has 0 aromatic heterocycles. The molecule has 6 heteroatoms. The highest BCUT2D eigenvalue weighted by Gasteiger charge is 2.18. The summed E-state index contributed by atoms with van der Waals surface area (Å²) in [6, 6.07) is 6.47. The molecular formula is C12H13NO4S. The molecule has 1 aliphatic rings. The Balaban J connectivity index is 2.01. The molecular weight excluding hydrogens is 254 g/mol. The summed E-state index contributed by atoms with van der Waals surface area (Å²) in [5, 5.41) is 0. The monoisotopic (exact) mass is 267 g/mol. The number of aryl methyl sites for hydroxylation is 1. The summed E-state index contributed by atoms with van der Waals surface area (Å²) >= 11 is 0. The van der Waals surface area contributed by atoms with Gasteiger partial charge in [-0.05, 0) is 19.1 Å². The van der Waals surface area contributed by atoms with E-state index in [-0.39, 0.29) is 11.5 Å².